The standard InChI is InChI=1S/C12H16N4S/c1-3-8-4-9(6-15-12(8)14-2)10-7-17-11(5-13)16-10/h3,6-7H,4-5,13H2,1-2H3,(H,14,15)/b8-3-. The Hall–Kier alpha value is -1.46. The fourth-order valence-corrected chi connectivity index (χ4v) is 2.45. The summed E-state index contributed by atoms with van der Waals surface area (Å²) in [5.74, 6) is 0.936. The number of hydrogen-bond donors (Lipinski definition) is 2. The van der Waals surface area contributed by atoms with Gasteiger partial charge in [-0.2, -0.15) is 0 Å². The highest BCUT2D eigenvalue weighted by atomic mass is 32.1. The van der Waals surface area contributed by atoms with Gasteiger partial charge in [0, 0.05) is 31.6 Å². The van der Waals surface area contributed by atoms with Crippen LogP contribution in [0.4, 0.5) is 0 Å². The van der Waals surface area contributed by atoms with Gasteiger partial charge in [-0.1, -0.05) is 6.08 Å². The Morgan fingerprint density at radius 1 is 1.65 bits per heavy atom. The molecule has 0 saturated carbocycles. The summed E-state index contributed by atoms with van der Waals surface area (Å²) in [6, 6.07) is 0. The third-order valence-corrected chi connectivity index (χ3v) is 3.57. The lowest BCUT2D eigenvalue weighted by Crippen LogP contribution is -2.24. The summed E-state index contributed by atoms with van der Waals surface area (Å²) in [6.45, 7) is 2.53. The van der Waals surface area contributed by atoms with Crippen molar-refractivity contribution in [2.45, 2.75) is 19.9 Å². The van der Waals surface area contributed by atoms with E-state index in [2.05, 4.69) is 26.7 Å². The first-order valence-corrected chi connectivity index (χ1v) is 6.39. The number of nitrogens with zero attached hydrogens (tertiary/aromatic N) is 2. The highest BCUT2D eigenvalue weighted by Gasteiger charge is 2.16. The van der Waals surface area contributed by atoms with Gasteiger partial charge in [-0.05, 0) is 18.1 Å². The second-order valence-corrected chi connectivity index (χ2v) is 4.65. The highest BCUT2D eigenvalue weighted by molar-refractivity contribution is 7.09. The van der Waals surface area contributed by atoms with Crippen LogP contribution in [-0.2, 0) is 6.54 Å². The van der Waals surface area contributed by atoms with Crippen LogP contribution in [-0.4, -0.2) is 17.9 Å². The van der Waals surface area contributed by atoms with E-state index in [1.165, 1.54) is 11.1 Å². The molecule has 5 heteroatoms. The van der Waals surface area contributed by atoms with Crippen LogP contribution in [0.1, 0.15) is 24.0 Å². The van der Waals surface area contributed by atoms with E-state index in [0.717, 1.165) is 23.0 Å². The molecule has 0 fully saturated rings. The fourth-order valence-electron chi connectivity index (χ4n) is 1.75. The first-order valence-electron chi connectivity index (χ1n) is 5.51. The van der Waals surface area contributed by atoms with Crippen LogP contribution < -0.4 is 11.1 Å². The van der Waals surface area contributed by atoms with E-state index >= 15 is 0 Å². The maximum atomic E-state index is 5.57. The second kappa shape index (κ2) is 5.25. The summed E-state index contributed by atoms with van der Waals surface area (Å²) < 4.78 is 0. The predicted octanol–water partition coefficient (Wildman–Crippen LogP) is 1.91. The van der Waals surface area contributed by atoms with Crippen molar-refractivity contribution in [2.75, 3.05) is 7.05 Å². The van der Waals surface area contributed by atoms with E-state index in [1.807, 2.05) is 13.1 Å². The summed E-state index contributed by atoms with van der Waals surface area (Å²) >= 11 is 1.60. The smallest absolute Gasteiger partial charge is 0.127 e. The van der Waals surface area contributed by atoms with Crippen LogP contribution in [0.3, 0.4) is 0 Å². The average molecular weight is 248 g/mol. The summed E-state index contributed by atoms with van der Waals surface area (Å²) in [5, 5.41) is 6.22. The number of amidine groups is 1. The third kappa shape index (κ3) is 2.45. The molecule has 4 nitrogen and oxygen atoms in total. The number of thiazole rings is 1. The lowest BCUT2D eigenvalue weighted by molar-refractivity contribution is 1.02. The van der Waals surface area contributed by atoms with Gasteiger partial charge in [0.2, 0.25) is 0 Å². The highest BCUT2D eigenvalue weighted by Crippen LogP contribution is 2.26. The van der Waals surface area contributed by atoms with Gasteiger partial charge >= 0.3 is 0 Å². The predicted molar refractivity (Wildman–Crippen MR) is 72.9 cm³/mol. The van der Waals surface area contributed by atoms with Gasteiger partial charge in [0.1, 0.15) is 10.8 Å². The molecule has 0 radical (unpaired) electrons. The number of nitrogens with one attached hydrogen (secondary N) is 1. The molecule has 0 saturated heterocycles. The molecule has 17 heavy (non-hydrogen) atoms. The maximum absolute atomic E-state index is 5.57. The molecule has 0 aliphatic carbocycles. The molecule has 1 aliphatic rings. The first kappa shape index (κ1) is 12.0. The molecule has 2 rings (SSSR count). The van der Waals surface area contributed by atoms with E-state index in [4.69, 9.17) is 5.73 Å². The van der Waals surface area contributed by atoms with Crippen molar-refractivity contribution in [3.8, 4) is 0 Å². The molecule has 0 bridgehead atoms. The average Bonchev–Trinajstić information content (AvgIpc) is 2.86. The van der Waals surface area contributed by atoms with Crippen molar-refractivity contribution >= 4 is 22.7 Å². The molecule has 0 amide bonds. The largest absolute Gasteiger partial charge is 0.346 e. The Kier molecular flexibility index (Phi) is 3.71. The Labute approximate surface area is 105 Å². The summed E-state index contributed by atoms with van der Waals surface area (Å²) in [4.78, 5) is 8.69. The Bertz CT molecular complexity index is 496. The van der Waals surface area contributed by atoms with E-state index < -0.39 is 0 Å². The monoisotopic (exact) mass is 248 g/mol. The molecular formula is C12H16N4S. The van der Waals surface area contributed by atoms with Gasteiger partial charge < -0.3 is 11.1 Å². The minimum absolute atomic E-state index is 0.503. The summed E-state index contributed by atoms with van der Waals surface area (Å²) in [5.41, 5.74) is 8.97. The molecule has 1 aromatic heterocycles. The van der Waals surface area contributed by atoms with Gasteiger partial charge in [-0.3, -0.25) is 4.99 Å². The topological polar surface area (TPSA) is 63.3 Å². The molecule has 0 atom stereocenters. The number of nitrogens with two attached hydrogens (primary N) is 1. The number of hydrogen-bond acceptors (Lipinski definition) is 4. The second-order valence-electron chi connectivity index (χ2n) is 3.71. The molecule has 3 N–H and O–H groups in total. The number of aromatic nitrogens is 1. The number of rotatable bonds is 2. The molecule has 1 aliphatic heterocycles. The molecule has 1 aromatic rings. The minimum Gasteiger partial charge on any atom is -0.346 e. The van der Waals surface area contributed by atoms with Crippen LogP contribution >= 0.6 is 11.3 Å². The third-order valence-electron chi connectivity index (χ3n) is 2.70. The van der Waals surface area contributed by atoms with E-state index in [9.17, 15) is 0 Å². The van der Waals surface area contributed by atoms with Gasteiger partial charge in [0.25, 0.3) is 0 Å². The van der Waals surface area contributed by atoms with Gasteiger partial charge in [-0.15, -0.1) is 11.3 Å². The summed E-state index contributed by atoms with van der Waals surface area (Å²) in [6.07, 6.45) is 4.92. The van der Waals surface area contributed by atoms with Crippen LogP contribution in [0.25, 0.3) is 5.57 Å². The normalized spacial score (nSPS) is 20.5. The van der Waals surface area contributed by atoms with Gasteiger partial charge in [0.15, 0.2) is 0 Å². The molecule has 0 spiro atoms. The van der Waals surface area contributed by atoms with Crippen LogP contribution in [0.2, 0.25) is 0 Å². The zero-order valence-electron chi connectivity index (χ0n) is 10.0. The van der Waals surface area contributed by atoms with Crippen molar-refractivity contribution in [1.29, 1.82) is 0 Å². The fraction of sp³-hybridized carbons (Fsp3) is 0.333. The van der Waals surface area contributed by atoms with Gasteiger partial charge in [-0.25, -0.2) is 4.98 Å². The van der Waals surface area contributed by atoms with Crippen molar-refractivity contribution < 1.29 is 0 Å². The van der Waals surface area contributed by atoms with Crippen molar-refractivity contribution in [3.63, 3.8) is 0 Å². The Morgan fingerprint density at radius 3 is 3.06 bits per heavy atom. The Morgan fingerprint density at radius 2 is 2.47 bits per heavy atom. The lowest BCUT2D eigenvalue weighted by Gasteiger charge is -2.18. The van der Waals surface area contributed by atoms with Crippen LogP contribution in [0.15, 0.2) is 28.2 Å². The van der Waals surface area contributed by atoms with Crippen molar-refractivity contribution in [2.24, 2.45) is 10.7 Å². The summed E-state index contributed by atoms with van der Waals surface area (Å²) in [7, 11) is 1.79. The van der Waals surface area contributed by atoms with Crippen molar-refractivity contribution in [3.05, 3.63) is 33.9 Å². The number of aliphatic imine (C=N–C) groups is 1. The zero-order valence-corrected chi connectivity index (χ0v) is 10.8. The first-order chi connectivity index (χ1) is 8.28. The van der Waals surface area contributed by atoms with Gasteiger partial charge in [0.05, 0.1) is 5.69 Å². The van der Waals surface area contributed by atoms with E-state index in [-0.39, 0.29) is 0 Å². The quantitative estimate of drug-likeness (QED) is 0.840. The van der Waals surface area contributed by atoms with Crippen LogP contribution in [0, 0.1) is 0 Å². The van der Waals surface area contributed by atoms with E-state index in [1.54, 1.807) is 18.4 Å². The molecular weight excluding hydrogens is 232 g/mol. The zero-order chi connectivity index (χ0) is 12.3. The molecule has 0 aromatic carbocycles. The molecule has 2 heterocycles. The maximum Gasteiger partial charge on any atom is 0.127 e. The number of allylic oxidation sites excluding steroid dienone is 2. The lowest BCUT2D eigenvalue weighted by atomic mass is 10.00. The minimum atomic E-state index is 0.503. The van der Waals surface area contributed by atoms with Crippen LogP contribution in [0.5, 0.6) is 0 Å². The molecule has 0 unspecified atom stereocenters. The SMILES string of the molecule is C/C=C1/CC(c2csc(CN)n2)=CNC1=NC. The van der Waals surface area contributed by atoms with E-state index in [0.29, 0.717) is 6.54 Å². The Balaban J connectivity index is 2.27. The van der Waals surface area contributed by atoms with Crippen molar-refractivity contribution in [1.82, 2.24) is 10.3 Å². The molecule has 90 valence electrons.